The van der Waals surface area contributed by atoms with E-state index in [0.717, 1.165) is 17.5 Å². The molecule has 3 nitrogen and oxygen atoms in total. The van der Waals surface area contributed by atoms with E-state index in [9.17, 15) is 4.79 Å². The van der Waals surface area contributed by atoms with Crippen molar-refractivity contribution in [3.63, 3.8) is 0 Å². The van der Waals surface area contributed by atoms with Gasteiger partial charge in [0, 0.05) is 18.0 Å². The smallest absolute Gasteiger partial charge is 0.223 e. The SMILES string of the molecule is CC1CC1C(=O)NCc1ccccc1C#CCO. The molecule has 0 aromatic heterocycles. The van der Waals surface area contributed by atoms with Gasteiger partial charge in [-0.3, -0.25) is 4.79 Å². The second-order valence-corrected chi connectivity index (χ2v) is 4.65. The summed E-state index contributed by atoms with van der Waals surface area (Å²) >= 11 is 0. The average molecular weight is 243 g/mol. The maximum atomic E-state index is 11.7. The number of aliphatic hydroxyl groups is 1. The highest BCUT2D eigenvalue weighted by Gasteiger charge is 2.38. The molecule has 0 bridgehead atoms. The molecule has 0 heterocycles. The van der Waals surface area contributed by atoms with Crippen LogP contribution in [0.2, 0.25) is 0 Å². The summed E-state index contributed by atoms with van der Waals surface area (Å²) in [5, 5.41) is 11.6. The van der Waals surface area contributed by atoms with Gasteiger partial charge in [-0.05, 0) is 24.0 Å². The monoisotopic (exact) mass is 243 g/mol. The van der Waals surface area contributed by atoms with E-state index < -0.39 is 0 Å². The molecule has 0 saturated heterocycles. The van der Waals surface area contributed by atoms with Gasteiger partial charge in [-0.2, -0.15) is 0 Å². The molecule has 0 aliphatic heterocycles. The molecule has 2 atom stereocenters. The van der Waals surface area contributed by atoms with Gasteiger partial charge < -0.3 is 10.4 Å². The lowest BCUT2D eigenvalue weighted by atomic mass is 10.1. The Morgan fingerprint density at radius 2 is 2.22 bits per heavy atom. The van der Waals surface area contributed by atoms with Crippen LogP contribution in [-0.2, 0) is 11.3 Å². The Balaban J connectivity index is 1.98. The Morgan fingerprint density at radius 3 is 2.89 bits per heavy atom. The first kappa shape index (κ1) is 12.7. The Morgan fingerprint density at radius 1 is 1.50 bits per heavy atom. The van der Waals surface area contributed by atoms with Crippen LogP contribution < -0.4 is 5.32 Å². The third-order valence-electron chi connectivity index (χ3n) is 3.22. The van der Waals surface area contributed by atoms with Crippen molar-refractivity contribution in [1.82, 2.24) is 5.32 Å². The zero-order chi connectivity index (χ0) is 13.0. The Labute approximate surface area is 107 Å². The van der Waals surface area contributed by atoms with Crippen LogP contribution in [0.3, 0.4) is 0 Å². The summed E-state index contributed by atoms with van der Waals surface area (Å²) in [6.07, 6.45) is 0.998. The van der Waals surface area contributed by atoms with Crippen LogP contribution in [0.5, 0.6) is 0 Å². The van der Waals surface area contributed by atoms with Gasteiger partial charge in [0.15, 0.2) is 0 Å². The number of nitrogens with one attached hydrogen (secondary N) is 1. The topological polar surface area (TPSA) is 49.3 Å². The molecule has 1 aliphatic carbocycles. The van der Waals surface area contributed by atoms with Crippen molar-refractivity contribution in [2.45, 2.75) is 19.9 Å². The summed E-state index contributed by atoms with van der Waals surface area (Å²) in [4.78, 5) is 11.7. The molecule has 2 N–H and O–H groups in total. The fourth-order valence-electron chi connectivity index (χ4n) is 1.93. The van der Waals surface area contributed by atoms with E-state index in [2.05, 4.69) is 24.1 Å². The van der Waals surface area contributed by atoms with Crippen molar-refractivity contribution in [2.75, 3.05) is 6.61 Å². The van der Waals surface area contributed by atoms with Crippen molar-refractivity contribution in [3.05, 3.63) is 35.4 Å². The quantitative estimate of drug-likeness (QED) is 0.786. The summed E-state index contributed by atoms with van der Waals surface area (Å²) in [5.41, 5.74) is 1.84. The van der Waals surface area contributed by atoms with E-state index in [1.165, 1.54) is 0 Å². The van der Waals surface area contributed by atoms with Gasteiger partial charge in [-0.15, -0.1) is 0 Å². The van der Waals surface area contributed by atoms with Crippen LogP contribution in [0.25, 0.3) is 0 Å². The van der Waals surface area contributed by atoms with Gasteiger partial charge in [-0.1, -0.05) is 37.0 Å². The lowest BCUT2D eigenvalue weighted by molar-refractivity contribution is -0.122. The zero-order valence-corrected chi connectivity index (χ0v) is 10.4. The minimum absolute atomic E-state index is 0.132. The molecule has 1 saturated carbocycles. The molecule has 1 aromatic rings. The number of hydrogen-bond acceptors (Lipinski definition) is 2. The first-order chi connectivity index (χ1) is 8.72. The predicted molar refractivity (Wildman–Crippen MR) is 69.5 cm³/mol. The summed E-state index contributed by atoms with van der Waals surface area (Å²) in [6.45, 7) is 2.43. The standard InChI is InChI=1S/C15H17NO2/c1-11-9-14(11)15(18)16-10-13-6-3-2-5-12(13)7-4-8-17/h2-3,5-6,11,14,17H,8-10H2,1H3,(H,16,18). The molecule has 1 aromatic carbocycles. The molecule has 0 radical (unpaired) electrons. The fourth-order valence-corrected chi connectivity index (χ4v) is 1.93. The maximum absolute atomic E-state index is 11.7. The van der Waals surface area contributed by atoms with Crippen LogP contribution in [0.15, 0.2) is 24.3 Å². The van der Waals surface area contributed by atoms with Crippen LogP contribution in [0, 0.1) is 23.7 Å². The number of carbonyl (C=O) groups excluding carboxylic acids is 1. The first-order valence-electron chi connectivity index (χ1n) is 6.17. The van der Waals surface area contributed by atoms with Crippen LogP contribution in [0.4, 0.5) is 0 Å². The van der Waals surface area contributed by atoms with Crippen molar-refractivity contribution < 1.29 is 9.90 Å². The minimum atomic E-state index is -0.152. The average Bonchev–Trinajstić information content (AvgIpc) is 3.11. The van der Waals surface area contributed by atoms with Gasteiger partial charge in [-0.25, -0.2) is 0 Å². The summed E-state index contributed by atoms with van der Waals surface area (Å²) in [6, 6.07) is 7.66. The molecule has 2 unspecified atom stereocenters. The second-order valence-electron chi connectivity index (χ2n) is 4.65. The number of hydrogen-bond donors (Lipinski definition) is 2. The molecular formula is C15H17NO2. The highest BCUT2D eigenvalue weighted by atomic mass is 16.2. The highest BCUT2D eigenvalue weighted by molar-refractivity contribution is 5.81. The molecule has 2 rings (SSSR count). The highest BCUT2D eigenvalue weighted by Crippen LogP contribution is 2.37. The Bertz CT molecular complexity index is 499. The molecular weight excluding hydrogens is 226 g/mol. The zero-order valence-electron chi connectivity index (χ0n) is 10.4. The van der Waals surface area contributed by atoms with Gasteiger partial charge in [0.1, 0.15) is 6.61 Å². The number of rotatable bonds is 3. The minimum Gasteiger partial charge on any atom is -0.384 e. The molecule has 3 heteroatoms. The van der Waals surface area contributed by atoms with E-state index in [1.807, 2.05) is 24.3 Å². The summed E-state index contributed by atoms with van der Waals surface area (Å²) in [5.74, 6) is 6.37. The number of benzene rings is 1. The molecule has 1 amide bonds. The Kier molecular flexibility index (Phi) is 4.01. The maximum Gasteiger partial charge on any atom is 0.223 e. The second kappa shape index (κ2) is 5.70. The Hall–Kier alpha value is -1.79. The summed E-state index contributed by atoms with van der Waals surface area (Å²) < 4.78 is 0. The van der Waals surface area contributed by atoms with Crippen molar-refractivity contribution in [3.8, 4) is 11.8 Å². The lowest BCUT2D eigenvalue weighted by Crippen LogP contribution is -2.25. The van der Waals surface area contributed by atoms with Crippen molar-refractivity contribution >= 4 is 5.91 Å². The molecule has 1 fully saturated rings. The third kappa shape index (κ3) is 3.12. The molecule has 0 spiro atoms. The van der Waals surface area contributed by atoms with Gasteiger partial charge in [0.2, 0.25) is 5.91 Å². The molecule has 94 valence electrons. The third-order valence-corrected chi connectivity index (χ3v) is 3.22. The number of aliphatic hydroxyl groups excluding tert-OH is 1. The normalized spacial score (nSPS) is 20.8. The first-order valence-corrected chi connectivity index (χ1v) is 6.17. The van der Waals surface area contributed by atoms with Crippen LogP contribution >= 0.6 is 0 Å². The number of carbonyl (C=O) groups is 1. The predicted octanol–water partition coefficient (Wildman–Crippen LogP) is 1.30. The molecule has 18 heavy (non-hydrogen) atoms. The van der Waals surface area contributed by atoms with Crippen LogP contribution in [-0.4, -0.2) is 17.6 Å². The number of amides is 1. The van der Waals surface area contributed by atoms with Crippen molar-refractivity contribution in [1.29, 1.82) is 0 Å². The van der Waals surface area contributed by atoms with Gasteiger partial charge >= 0.3 is 0 Å². The summed E-state index contributed by atoms with van der Waals surface area (Å²) in [7, 11) is 0. The van der Waals surface area contributed by atoms with E-state index in [-0.39, 0.29) is 18.4 Å². The van der Waals surface area contributed by atoms with E-state index >= 15 is 0 Å². The lowest BCUT2D eigenvalue weighted by Gasteiger charge is -2.06. The van der Waals surface area contributed by atoms with E-state index in [1.54, 1.807) is 0 Å². The fraction of sp³-hybridized carbons (Fsp3) is 0.400. The van der Waals surface area contributed by atoms with E-state index in [4.69, 9.17) is 5.11 Å². The van der Waals surface area contributed by atoms with E-state index in [0.29, 0.717) is 12.5 Å². The van der Waals surface area contributed by atoms with Gasteiger partial charge in [0.25, 0.3) is 0 Å². The largest absolute Gasteiger partial charge is 0.384 e. The van der Waals surface area contributed by atoms with Crippen LogP contribution in [0.1, 0.15) is 24.5 Å². The van der Waals surface area contributed by atoms with Crippen molar-refractivity contribution in [2.24, 2.45) is 11.8 Å². The van der Waals surface area contributed by atoms with Gasteiger partial charge in [0.05, 0.1) is 0 Å². The molecule has 1 aliphatic rings.